The molecule has 1 saturated heterocycles. The number of carbonyl (C=O) groups excluding carboxylic acids is 1. The highest BCUT2D eigenvalue weighted by atomic mass is 32.2. The van der Waals surface area contributed by atoms with Crippen molar-refractivity contribution in [3.63, 3.8) is 0 Å². The van der Waals surface area contributed by atoms with Gasteiger partial charge in [-0.2, -0.15) is 11.8 Å². The predicted octanol–water partition coefficient (Wildman–Crippen LogP) is 2.13. The van der Waals surface area contributed by atoms with Crippen LogP contribution in [0.2, 0.25) is 0 Å². The normalized spacial score (nSPS) is 16.2. The topological polar surface area (TPSA) is 71.2 Å². The van der Waals surface area contributed by atoms with Crippen molar-refractivity contribution in [2.75, 3.05) is 42.2 Å². The molecule has 0 aliphatic carbocycles. The summed E-state index contributed by atoms with van der Waals surface area (Å²) in [6.07, 6.45) is 2.07. The van der Waals surface area contributed by atoms with Gasteiger partial charge in [0.2, 0.25) is 0 Å². The molecule has 5 nitrogen and oxygen atoms in total. The molecule has 1 aliphatic rings. The molecule has 106 valence electrons. The number of hydrogen-bond donors (Lipinski definition) is 2. The summed E-state index contributed by atoms with van der Waals surface area (Å²) in [4.78, 5) is 19.1. The van der Waals surface area contributed by atoms with Crippen LogP contribution in [0.1, 0.15) is 29.4 Å². The highest BCUT2D eigenvalue weighted by Crippen LogP contribution is 2.27. The summed E-state index contributed by atoms with van der Waals surface area (Å²) in [6, 6.07) is 0. The molecule has 0 atom stereocenters. The Bertz CT molecular complexity index is 427. The first-order valence-corrected chi connectivity index (χ1v) is 8.56. The molecule has 0 spiro atoms. The summed E-state index contributed by atoms with van der Waals surface area (Å²) in [7, 11) is 0. The Morgan fingerprint density at radius 1 is 1.47 bits per heavy atom. The van der Waals surface area contributed by atoms with E-state index in [0.717, 1.165) is 49.1 Å². The molecule has 0 saturated carbocycles. The lowest BCUT2D eigenvalue weighted by Crippen LogP contribution is -2.32. The van der Waals surface area contributed by atoms with Crippen molar-refractivity contribution in [2.45, 2.75) is 19.8 Å². The molecule has 0 radical (unpaired) electrons. The highest BCUT2D eigenvalue weighted by molar-refractivity contribution is 7.99. The number of amides is 1. The minimum absolute atomic E-state index is 0.0297. The third-order valence-corrected chi connectivity index (χ3v) is 4.95. The van der Waals surface area contributed by atoms with Gasteiger partial charge in [0.1, 0.15) is 10.7 Å². The van der Waals surface area contributed by atoms with Crippen molar-refractivity contribution in [1.29, 1.82) is 0 Å². The van der Waals surface area contributed by atoms with Gasteiger partial charge in [0.15, 0.2) is 5.13 Å². The average molecular weight is 300 g/mol. The van der Waals surface area contributed by atoms with E-state index >= 15 is 0 Å². The summed E-state index contributed by atoms with van der Waals surface area (Å²) >= 11 is 3.27. The first-order valence-electron chi connectivity index (χ1n) is 6.59. The standard InChI is InChI=1S/C12H20N4OS2/c1-2-4-14-12-15-10(13)9(19-12)11(17)16-5-3-7-18-8-6-16/h2-8,13H2,1H3,(H,14,15). The van der Waals surface area contributed by atoms with Crippen LogP contribution in [0.4, 0.5) is 10.9 Å². The zero-order valence-corrected chi connectivity index (χ0v) is 12.8. The fourth-order valence-electron chi connectivity index (χ4n) is 1.89. The molecule has 0 bridgehead atoms. The quantitative estimate of drug-likeness (QED) is 0.891. The fourth-order valence-corrected chi connectivity index (χ4v) is 3.65. The molecule has 2 rings (SSSR count). The van der Waals surface area contributed by atoms with E-state index in [-0.39, 0.29) is 5.91 Å². The van der Waals surface area contributed by atoms with E-state index in [9.17, 15) is 4.79 Å². The Kier molecular flexibility index (Phi) is 5.33. The zero-order chi connectivity index (χ0) is 13.7. The van der Waals surface area contributed by atoms with Crippen molar-refractivity contribution in [2.24, 2.45) is 0 Å². The van der Waals surface area contributed by atoms with Crippen LogP contribution in [-0.4, -0.2) is 46.9 Å². The Morgan fingerprint density at radius 3 is 3.11 bits per heavy atom. The molecule has 19 heavy (non-hydrogen) atoms. The van der Waals surface area contributed by atoms with Crippen molar-refractivity contribution in [3.05, 3.63) is 4.88 Å². The van der Waals surface area contributed by atoms with Gasteiger partial charge < -0.3 is 16.0 Å². The van der Waals surface area contributed by atoms with E-state index in [1.165, 1.54) is 11.3 Å². The van der Waals surface area contributed by atoms with Crippen LogP contribution < -0.4 is 11.1 Å². The van der Waals surface area contributed by atoms with Gasteiger partial charge in [0.25, 0.3) is 5.91 Å². The fraction of sp³-hybridized carbons (Fsp3) is 0.667. The highest BCUT2D eigenvalue weighted by Gasteiger charge is 2.22. The van der Waals surface area contributed by atoms with E-state index in [1.807, 2.05) is 16.7 Å². The maximum Gasteiger partial charge on any atom is 0.267 e. The second kappa shape index (κ2) is 7.00. The van der Waals surface area contributed by atoms with E-state index in [0.29, 0.717) is 10.7 Å². The van der Waals surface area contributed by atoms with E-state index < -0.39 is 0 Å². The molecule has 1 fully saturated rings. The molecule has 1 aromatic heterocycles. The number of nitrogen functional groups attached to an aromatic ring is 1. The van der Waals surface area contributed by atoms with Gasteiger partial charge in [-0.25, -0.2) is 4.98 Å². The Morgan fingerprint density at radius 2 is 2.32 bits per heavy atom. The summed E-state index contributed by atoms with van der Waals surface area (Å²) in [5.74, 6) is 2.52. The van der Waals surface area contributed by atoms with Gasteiger partial charge in [0, 0.05) is 25.4 Å². The number of carbonyl (C=O) groups is 1. The largest absolute Gasteiger partial charge is 0.382 e. The zero-order valence-electron chi connectivity index (χ0n) is 11.1. The molecular weight excluding hydrogens is 280 g/mol. The van der Waals surface area contributed by atoms with Gasteiger partial charge in [0.05, 0.1) is 0 Å². The van der Waals surface area contributed by atoms with Gasteiger partial charge in [-0.1, -0.05) is 18.3 Å². The number of thiazole rings is 1. The SMILES string of the molecule is CCCNc1nc(N)c(C(=O)N2CCCSCC2)s1. The molecule has 1 aromatic rings. The Labute approximate surface area is 122 Å². The minimum atomic E-state index is 0.0297. The molecule has 3 N–H and O–H groups in total. The van der Waals surface area contributed by atoms with Crippen LogP contribution in [0.5, 0.6) is 0 Å². The molecular formula is C12H20N4OS2. The monoisotopic (exact) mass is 300 g/mol. The lowest BCUT2D eigenvalue weighted by atomic mass is 10.3. The number of rotatable bonds is 4. The first-order chi connectivity index (χ1) is 9.22. The van der Waals surface area contributed by atoms with Crippen LogP contribution in [0.25, 0.3) is 0 Å². The number of nitrogens with zero attached hydrogens (tertiary/aromatic N) is 2. The number of anilines is 2. The van der Waals surface area contributed by atoms with Crippen LogP contribution in [0.3, 0.4) is 0 Å². The van der Waals surface area contributed by atoms with Gasteiger partial charge in [-0.15, -0.1) is 0 Å². The van der Waals surface area contributed by atoms with Gasteiger partial charge in [-0.05, 0) is 18.6 Å². The Hall–Kier alpha value is -0.950. The lowest BCUT2D eigenvalue weighted by Gasteiger charge is -2.18. The van der Waals surface area contributed by atoms with Crippen LogP contribution in [-0.2, 0) is 0 Å². The third-order valence-electron chi connectivity index (χ3n) is 2.88. The number of aromatic nitrogens is 1. The predicted molar refractivity (Wildman–Crippen MR) is 83.2 cm³/mol. The van der Waals surface area contributed by atoms with E-state index in [1.54, 1.807) is 0 Å². The smallest absolute Gasteiger partial charge is 0.267 e. The van der Waals surface area contributed by atoms with Crippen LogP contribution >= 0.6 is 23.1 Å². The maximum absolute atomic E-state index is 12.4. The molecule has 2 heterocycles. The minimum Gasteiger partial charge on any atom is -0.382 e. The first kappa shape index (κ1) is 14.5. The van der Waals surface area contributed by atoms with Crippen LogP contribution in [0.15, 0.2) is 0 Å². The molecule has 1 aliphatic heterocycles. The number of thioether (sulfide) groups is 1. The van der Waals surface area contributed by atoms with Crippen molar-refractivity contribution < 1.29 is 4.79 Å². The van der Waals surface area contributed by atoms with Crippen LogP contribution in [0, 0.1) is 0 Å². The van der Waals surface area contributed by atoms with E-state index in [2.05, 4.69) is 17.2 Å². The second-order valence-electron chi connectivity index (χ2n) is 4.42. The van der Waals surface area contributed by atoms with Gasteiger partial charge >= 0.3 is 0 Å². The lowest BCUT2D eigenvalue weighted by molar-refractivity contribution is 0.0774. The average Bonchev–Trinajstić information content (AvgIpc) is 2.64. The number of nitrogens with one attached hydrogen (secondary N) is 1. The summed E-state index contributed by atoms with van der Waals surface area (Å²) in [5.41, 5.74) is 5.87. The van der Waals surface area contributed by atoms with E-state index in [4.69, 9.17) is 5.73 Å². The molecule has 7 heteroatoms. The molecule has 0 aromatic carbocycles. The third kappa shape index (κ3) is 3.76. The second-order valence-corrected chi connectivity index (χ2v) is 6.64. The van der Waals surface area contributed by atoms with Crippen molar-refractivity contribution in [1.82, 2.24) is 9.88 Å². The number of hydrogen-bond acceptors (Lipinski definition) is 6. The number of nitrogens with two attached hydrogens (primary N) is 1. The molecule has 1 amide bonds. The maximum atomic E-state index is 12.4. The Balaban J connectivity index is 2.07. The molecule has 0 unspecified atom stereocenters. The van der Waals surface area contributed by atoms with Gasteiger partial charge in [-0.3, -0.25) is 4.79 Å². The summed E-state index contributed by atoms with van der Waals surface area (Å²) < 4.78 is 0. The summed E-state index contributed by atoms with van der Waals surface area (Å²) in [5, 5.41) is 3.92. The van der Waals surface area contributed by atoms with Crippen molar-refractivity contribution in [3.8, 4) is 0 Å². The summed E-state index contributed by atoms with van der Waals surface area (Å²) in [6.45, 7) is 4.56. The van der Waals surface area contributed by atoms with Crippen molar-refractivity contribution >= 4 is 40.0 Å².